The highest BCUT2D eigenvalue weighted by molar-refractivity contribution is 7.13. The van der Waals surface area contributed by atoms with E-state index in [1.807, 2.05) is 80.7 Å². The predicted octanol–water partition coefficient (Wildman–Crippen LogP) is 7.81. The van der Waals surface area contributed by atoms with E-state index in [0.29, 0.717) is 65.1 Å². The van der Waals surface area contributed by atoms with Gasteiger partial charge < -0.3 is 19.9 Å². The van der Waals surface area contributed by atoms with E-state index in [2.05, 4.69) is 31.1 Å². The lowest BCUT2D eigenvalue weighted by molar-refractivity contribution is -0.130. The number of rotatable bonds is 8. The number of aromatic nitrogens is 2. The van der Waals surface area contributed by atoms with Crippen LogP contribution in [0.5, 0.6) is 5.75 Å². The van der Waals surface area contributed by atoms with Gasteiger partial charge in [-0.3, -0.25) is 19.7 Å². The third-order valence-electron chi connectivity index (χ3n) is 9.84. The van der Waals surface area contributed by atoms with Crippen LogP contribution in [0.25, 0.3) is 0 Å². The van der Waals surface area contributed by atoms with Crippen molar-refractivity contribution >= 4 is 57.4 Å². The molecule has 1 N–H and O–H groups in total. The van der Waals surface area contributed by atoms with Gasteiger partial charge in [-0.2, -0.15) is 0 Å². The van der Waals surface area contributed by atoms with Crippen molar-refractivity contribution in [3.63, 3.8) is 0 Å². The number of nitrogens with zero attached hydrogens (tertiary/aromatic N) is 6. The van der Waals surface area contributed by atoms with E-state index in [0.717, 1.165) is 16.8 Å². The second-order valence-corrected chi connectivity index (χ2v) is 15.8. The molecule has 2 unspecified atom stereocenters. The molecule has 2 aromatic heterocycles. The van der Waals surface area contributed by atoms with Gasteiger partial charge in [0, 0.05) is 71.2 Å². The van der Waals surface area contributed by atoms with Crippen molar-refractivity contribution < 1.29 is 14.3 Å². The average Bonchev–Trinajstić information content (AvgIpc) is 3.72. The Morgan fingerprint density at radius 3 is 2.10 bits per heavy atom. The molecular formula is C38H43Cl2N7O3S. The lowest BCUT2D eigenvalue weighted by atomic mass is 9.71. The maximum atomic E-state index is 15.2. The standard InChI is InChI=1S/C38H43Cl2N7O3S/c1-7-50-30-22-31(36(2,3)4)42-23-29(30)33-44-37(5,25-8-12-27(39)13-9-25)38(6,26-10-14-28(40)15-11-26)47(33)35(49)46-19-17-45(18-20-46)32(48)24-43-34-41-16-21-51-34/h8-16,21-23H,7,17-20,24H2,1-6H3,(H,41,43). The number of amidine groups is 1. The van der Waals surface area contributed by atoms with Gasteiger partial charge in [-0.1, -0.05) is 68.2 Å². The van der Waals surface area contributed by atoms with Crippen molar-refractivity contribution in [2.75, 3.05) is 44.6 Å². The summed E-state index contributed by atoms with van der Waals surface area (Å²) in [6.45, 7) is 14.3. The summed E-state index contributed by atoms with van der Waals surface area (Å²) in [6, 6.07) is 16.9. The minimum atomic E-state index is -1.06. The number of hydrogen-bond acceptors (Lipinski definition) is 8. The number of thiazole rings is 1. The Hall–Kier alpha value is -4.19. The van der Waals surface area contributed by atoms with E-state index in [1.54, 1.807) is 27.1 Å². The fourth-order valence-corrected chi connectivity index (χ4v) is 7.50. The SMILES string of the molecule is CCOc1cc(C(C)(C)C)ncc1C1=NC(C)(c2ccc(Cl)cc2)C(C)(c2ccc(Cl)cc2)N1C(=O)N1CCN(C(=O)CNc2nccs2)CC1. The number of hydrogen-bond donors (Lipinski definition) is 1. The highest BCUT2D eigenvalue weighted by atomic mass is 35.5. The van der Waals surface area contributed by atoms with Gasteiger partial charge in [0.1, 0.15) is 22.7 Å². The van der Waals surface area contributed by atoms with Gasteiger partial charge in [-0.05, 0) is 56.2 Å². The third kappa shape index (κ3) is 7.03. The van der Waals surface area contributed by atoms with Crippen LogP contribution in [0.1, 0.15) is 63.9 Å². The lowest BCUT2D eigenvalue weighted by Crippen LogP contribution is -2.61. The summed E-state index contributed by atoms with van der Waals surface area (Å²) in [7, 11) is 0. The molecule has 2 aliphatic rings. The quantitative estimate of drug-likeness (QED) is 0.197. The molecule has 268 valence electrons. The molecule has 4 aromatic rings. The Balaban J connectivity index is 1.44. The summed E-state index contributed by atoms with van der Waals surface area (Å²) in [4.78, 5) is 48.2. The van der Waals surface area contributed by atoms with E-state index in [4.69, 9.17) is 37.9 Å². The van der Waals surface area contributed by atoms with Crippen LogP contribution in [0.3, 0.4) is 0 Å². The maximum Gasteiger partial charge on any atom is 0.326 e. The maximum absolute atomic E-state index is 15.2. The zero-order valence-corrected chi connectivity index (χ0v) is 32.1. The first-order valence-corrected chi connectivity index (χ1v) is 18.7. The molecule has 1 fully saturated rings. The Bertz CT molecular complexity index is 1910. The first-order valence-electron chi connectivity index (χ1n) is 17.0. The first kappa shape index (κ1) is 36.6. The lowest BCUT2D eigenvalue weighted by Gasteiger charge is -2.47. The summed E-state index contributed by atoms with van der Waals surface area (Å²) in [6.07, 6.45) is 3.46. The molecule has 2 atom stereocenters. The fourth-order valence-electron chi connectivity index (χ4n) is 6.72. The summed E-state index contributed by atoms with van der Waals surface area (Å²) in [5.74, 6) is 0.988. The minimum Gasteiger partial charge on any atom is -0.493 e. The number of piperazine rings is 1. The Labute approximate surface area is 313 Å². The van der Waals surface area contributed by atoms with Crippen LogP contribution in [-0.2, 0) is 21.3 Å². The van der Waals surface area contributed by atoms with Crippen LogP contribution in [0.15, 0.2) is 77.4 Å². The van der Waals surface area contributed by atoms with Gasteiger partial charge >= 0.3 is 6.03 Å². The van der Waals surface area contributed by atoms with E-state index in [9.17, 15) is 4.79 Å². The smallest absolute Gasteiger partial charge is 0.326 e. The molecule has 13 heteroatoms. The molecule has 0 saturated carbocycles. The van der Waals surface area contributed by atoms with Crippen molar-refractivity contribution in [3.8, 4) is 5.75 Å². The van der Waals surface area contributed by atoms with Crippen LogP contribution >= 0.6 is 34.5 Å². The molecule has 2 aromatic carbocycles. The number of anilines is 1. The van der Waals surface area contributed by atoms with E-state index in [1.165, 1.54) is 11.3 Å². The van der Waals surface area contributed by atoms with Crippen molar-refractivity contribution in [3.05, 3.63) is 105 Å². The van der Waals surface area contributed by atoms with Gasteiger partial charge in [-0.25, -0.2) is 9.78 Å². The van der Waals surface area contributed by atoms with Crippen molar-refractivity contribution in [2.45, 2.75) is 58.0 Å². The first-order chi connectivity index (χ1) is 24.3. The number of ether oxygens (including phenoxy) is 1. The Morgan fingerprint density at radius 2 is 1.53 bits per heavy atom. The summed E-state index contributed by atoms with van der Waals surface area (Å²) >= 11 is 14.2. The van der Waals surface area contributed by atoms with Crippen molar-refractivity contribution in [1.29, 1.82) is 0 Å². The van der Waals surface area contributed by atoms with Gasteiger partial charge in [0.15, 0.2) is 5.13 Å². The number of aliphatic imine (C=N–C) groups is 1. The predicted molar refractivity (Wildman–Crippen MR) is 204 cm³/mol. The van der Waals surface area contributed by atoms with Crippen molar-refractivity contribution in [2.24, 2.45) is 4.99 Å². The highest BCUT2D eigenvalue weighted by Gasteiger charge is 2.60. The molecule has 51 heavy (non-hydrogen) atoms. The second-order valence-electron chi connectivity index (χ2n) is 14.0. The third-order valence-corrected chi connectivity index (χ3v) is 11.1. The minimum absolute atomic E-state index is 0.0478. The largest absolute Gasteiger partial charge is 0.493 e. The number of benzene rings is 2. The average molecular weight is 749 g/mol. The fraction of sp³-hybridized carbons (Fsp3) is 0.395. The number of pyridine rings is 1. The van der Waals surface area contributed by atoms with E-state index >= 15 is 4.79 Å². The Morgan fingerprint density at radius 1 is 0.922 bits per heavy atom. The molecule has 2 aliphatic heterocycles. The molecule has 3 amide bonds. The van der Waals surface area contributed by atoms with Crippen LogP contribution in [0, 0.1) is 0 Å². The number of halogens is 2. The van der Waals surface area contributed by atoms with Crippen LogP contribution in [0.4, 0.5) is 9.93 Å². The molecule has 0 bridgehead atoms. The molecule has 0 spiro atoms. The van der Waals surface area contributed by atoms with Crippen LogP contribution in [-0.4, -0.2) is 81.8 Å². The number of urea groups is 1. The molecule has 6 rings (SSSR count). The monoisotopic (exact) mass is 747 g/mol. The second kappa shape index (κ2) is 14.4. The van der Waals surface area contributed by atoms with E-state index in [-0.39, 0.29) is 23.9 Å². The van der Waals surface area contributed by atoms with Gasteiger partial charge in [0.05, 0.1) is 18.7 Å². The summed E-state index contributed by atoms with van der Waals surface area (Å²) < 4.78 is 6.27. The molecule has 0 radical (unpaired) electrons. The summed E-state index contributed by atoms with van der Waals surface area (Å²) in [5, 5.41) is 6.82. The normalized spacial score (nSPS) is 20.7. The number of carbonyl (C=O) groups excluding carboxylic acids is 2. The summed E-state index contributed by atoms with van der Waals surface area (Å²) in [5.41, 5.74) is 0.889. The molecule has 4 heterocycles. The number of amides is 3. The molecular weight excluding hydrogens is 705 g/mol. The number of nitrogens with one attached hydrogen (secondary N) is 1. The van der Waals surface area contributed by atoms with Crippen LogP contribution < -0.4 is 10.1 Å². The zero-order valence-electron chi connectivity index (χ0n) is 29.7. The van der Waals surface area contributed by atoms with Crippen molar-refractivity contribution in [1.82, 2.24) is 24.7 Å². The Kier molecular flexibility index (Phi) is 10.4. The van der Waals surface area contributed by atoms with Gasteiger partial charge in [0.2, 0.25) is 5.91 Å². The number of carbonyl (C=O) groups is 2. The van der Waals surface area contributed by atoms with Gasteiger partial charge in [-0.15, -0.1) is 11.3 Å². The molecule has 0 aliphatic carbocycles. The van der Waals surface area contributed by atoms with E-state index < -0.39 is 11.1 Å². The zero-order chi connectivity index (χ0) is 36.6. The topological polar surface area (TPSA) is 103 Å². The molecule has 1 saturated heterocycles. The van der Waals surface area contributed by atoms with Crippen LogP contribution in [0.2, 0.25) is 10.0 Å². The van der Waals surface area contributed by atoms with Gasteiger partial charge in [0.25, 0.3) is 0 Å². The highest BCUT2D eigenvalue weighted by Crippen LogP contribution is 2.54. The molecule has 10 nitrogen and oxygen atoms in total.